The molecule has 0 aromatic carbocycles. The van der Waals surface area contributed by atoms with Crippen LogP contribution in [0.15, 0.2) is 12.3 Å². The number of aryl methyl sites for hydroxylation is 1. The summed E-state index contributed by atoms with van der Waals surface area (Å²) in [5, 5.41) is 3.38. The Bertz CT molecular complexity index is 365. The van der Waals surface area contributed by atoms with Crippen LogP contribution in [0, 0.1) is 6.92 Å². The van der Waals surface area contributed by atoms with Gasteiger partial charge in [0.15, 0.2) is 0 Å². The highest BCUT2D eigenvalue weighted by Crippen LogP contribution is 2.25. The number of hydrogen-bond donors (Lipinski definition) is 1. The summed E-state index contributed by atoms with van der Waals surface area (Å²) in [4.78, 5) is 8.57. The quantitative estimate of drug-likeness (QED) is 0.831. The number of aromatic nitrogens is 2. The molecule has 2 heterocycles. The van der Waals surface area contributed by atoms with Crippen LogP contribution in [0.1, 0.15) is 32.4 Å². The first-order valence-corrected chi connectivity index (χ1v) is 5.75. The fourth-order valence-electron chi connectivity index (χ4n) is 2.06. The average molecular weight is 221 g/mol. The molecule has 1 unspecified atom stereocenters. The molecule has 88 valence electrons. The zero-order valence-corrected chi connectivity index (χ0v) is 10.2. The van der Waals surface area contributed by atoms with Gasteiger partial charge < -0.3 is 10.1 Å². The Hall–Kier alpha value is -1.16. The molecule has 0 bridgehead atoms. The second kappa shape index (κ2) is 4.37. The van der Waals surface area contributed by atoms with E-state index in [0.29, 0.717) is 6.04 Å². The lowest BCUT2D eigenvalue weighted by atomic mass is 9.94. The molecule has 1 aliphatic heterocycles. The van der Waals surface area contributed by atoms with Gasteiger partial charge in [-0.1, -0.05) is 0 Å². The molecular formula is C12H19N3O. The molecule has 1 aliphatic rings. The van der Waals surface area contributed by atoms with E-state index in [-0.39, 0.29) is 5.60 Å². The Kier molecular flexibility index (Phi) is 3.10. The van der Waals surface area contributed by atoms with Crippen molar-refractivity contribution in [3.63, 3.8) is 0 Å². The first kappa shape index (κ1) is 11.3. The van der Waals surface area contributed by atoms with Crippen molar-refractivity contribution in [3.05, 3.63) is 18.0 Å². The predicted molar refractivity (Wildman–Crippen MR) is 63.4 cm³/mol. The summed E-state index contributed by atoms with van der Waals surface area (Å²) in [7, 11) is 0. The normalized spacial score (nSPS) is 24.1. The van der Waals surface area contributed by atoms with Gasteiger partial charge in [-0.05, 0) is 39.7 Å². The molecule has 0 radical (unpaired) electrons. The van der Waals surface area contributed by atoms with Crippen molar-refractivity contribution in [2.75, 3.05) is 11.9 Å². The zero-order chi connectivity index (χ0) is 11.6. The fourth-order valence-corrected chi connectivity index (χ4v) is 2.06. The van der Waals surface area contributed by atoms with E-state index in [1.165, 1.54) is 0 Å². The zero-order valence-electron chi connectivity index (χ0n) is 10.2. The molecule has 1 atom stereocenters. The number of rotatable bonds is 2. The molecule has 1 aromatic rings. The van der Waals surface area contributed by atoms with E-state index >= 15 is 0 Å². The van der Waals surface area contributed by atoms with Crippen molar-refractivity contribution in [1.82, 2.24) is 9.97 Å². The lowest BCUT2D eigenvalue weighted by Crippen LogP contribution is -2.40. The smallest absolute Gasteiger partial charge is 0.223 e. The van der Waals surface area contributed by atoms with E-state index in [9.17, 15) is 0 Å². The highest BCUT2D eigenvalue weighted by molar-refractivity contribution is 5.26. The largest absolute Gasteiger partial charge is 0.375 e. The lowest BCUT2D eigenvalue weighted by Gasteiger charge is -2.35. The summed E-state index contributed by atoms with van der Waals surface area (Å²) in [6.07, 6.45) is 3.79. The number of ether oxygens (including phenoxy) is 1. The first-order chi connectivity index (χ1) is 7.55. The van der Waals surface area contributed by atoms with Crippen molar-refractivity contribution < 1.29 is 4.74 Å². The summed E-state index contributed by atoms with van der Waals surface area (Å²) in [5.74, 6) is 0.725. The Morgan fingerprint density at radius 1 is 1.50 bits per heavy atom. The predicted octanol–water partition coefficient (Wildman–Crippen LogP) is 2.15. The summed E-state index contributed by atoms with van der Waals surface area (Å²) in [5.41, 5.74) is 0.948. The third kappa shape index (κ3) is 2.92. The van der Waals surface area contributed by atoms with E-state index in [1.807, 2.05) is 13.0 Å². The maximum atomic E-state index is 5.68. The molecular weight excluding hydrogens is 202 g/mol. The SMILES string of the molecule is Cc1ccnc(NC2CCOC(C)(C)C2)n1. The van der Waals surface area contributed by atoms with Crippen LogP contribution in [-0.2, 0) is 4.74 Å². The minimum absolute atomic E-state index is 0.0419. The van der Waals surface area contributed by atoms with Crippen LogP contribution in [0.25, 0.3) is 0 Å². The number of hydrogen-bond acceptors (Lipinski definition) is 4. The van der Waals surface area contributed by atoms with Gasteiger partial charge in [-0.2, -0.15) is 0 Å². The van der Waals surface area contributed by atoms with Crippen molar-refractivity contribution in [1.29, 1.82) is 0 Å². The van der Waals surface area contributed by atoms with Gasteiger partial charge in [-0.3, -0.25) is 0 Å². The second-order valence-corrected chi connectivity index (χ2v) is 4.96. The number of nitrogens with one attached hydrogen (secondary N) is 1. The Morgan fingerprint density at radius 3 is 3.00 bits per heavy atom. The van der Waals surface area contributed by atoms with Gasteiger partial charge in [0, 0.05) is 24.5 Å². The van der Waals surface area contributed by atoms with Crippen molar-refractivity contribution in [3.8, 4) is 0 Å². The lowest BCUT2D eigenvalue weighted by molar-refractivity contribution is -0.0553. The van der Waals surface area contributed by atoms with Crippen LogP contribution in [0.4, 0.5) is 5.95 Å². The van der Waals surface area contributed by atoms with Crippen LogP contribution in [0.2, 0.25) is 0 Å². The summed E-state index contributed by atoms with van der Waals surface area (Å²) in [6, 6.07) is 2.31. The highest BCUT2D eigenvalue weighted by atomic mass is 16.5. The summed E-state index contributed by atoms with van der Waals surface area (Å²) < 4.78 is 5.68. The van der Waals surface area contributed by atoms with Crippen LogP contribution < -0.4 is 5.32 Å². The Morgan fingerprint density at radius 2 is 2.31 bits per heavy atom. The molecule has 0 spiro atoms. The second-order valence-electron chi connectivity index (χ2n) is 4.96. The first-order valence-electron chi connectivity index (χ1n) is 5.75. The molecule has 4 nitrogen and oxygen atoms in total. The monoisotopic (exact) mass is 221 g/mol. The van der Waals surface area contributed by atoms with Gasteiger partial charge in [-0.15, -0.1) is 0 Å². The topological polar surface area (TPSA) is 47.0 Å². The van der Waals surface area contributed by atoms with E-state index in [2.05, 4.69) is 29.1 Å². The molecule has 0 aliphatic carbocycles. The van der Waals surface area contributed by atoms with Gasteiger partial charge in [-0.25, -0.2) is 9.97 Å². The fraction of sp³-hybridized carbons (Fsp3) is 0.667. The van der Waals surface area contributed by atoms with E-state index < -0.39 is 0 Å². The third-order valence-corrected chi connectivity index (χ3v) is 2.83. The molecule has 1 fully saturated rings. The molecule has 1 N–H and O–H groups in total. The molecule has 1 saturated heterocycles. The van der Waals surface area contributed by atoms with Crippen LogP contribution >= 0.6 is 0 Å². The van der Waals surface area contributed by atoms with Crippen LogP contribution in [0.5, 0.6) is 0 Å². The third-order valence-electron chi connectivity index (χ3n) is 2.83. The average Bonchev–Trinajstić information content (AvgIpc) is 2.15. The maximum absolute atomic E-state index is 5.68. The molecule has 0 amide bonds. The van der Waals surface area contributed by atoms with E-state index in [1.54, 1.807) is 6.20 Å². The van der Waals surface area contributed by atoms with Gasteiger partial charge >= 0.3 is 0 Å². The van der Waals surface area contributed by atoms with Crippen molar-refractivity contribution in [2.24, 2.45) is 0 Å². The molecule has 16 heavy (non-hydrogen) atoms. The summed E-state index contributed by atoms with van der Waals surface area (Å²) in [6.45, 7) is 7.02. The molecule has 2 rings (SSSR count). The summed E-state index contributed by atoms with van der Waals surface area (Å²) >= 11 is 0. The van der Waals surface area contributed by atoms with Gasteiger partial charge in [0.05, 0.1) is 5.60 Å². The molecule has 0 saturated carbocycles. The highest BCUT2D eigenvalue weighted by Gasteiger charge is 2.28. The van der Waals surface area contributed by atoms with Crippen LogP contribution in [-0.4, -0.2) is 28.2 Å². The van der Waals surface area contributed by atoms with E-state index in [4.69, 9.17) is 4.74 Å². The minimum Gasteiger partial charge on any atom is -0.375 e. The molecule has 4 heteroatoms. The molecule has 1 aromatic heterocycles. The Labute approximate surface area is 96.4 Å². The van der Waals surface area contributed by atoms with Crippen molar-refractivity contribution >= 4 is 5.95 Å². The number of anilines is 1. The minimum atomic E-state index is -0.0419. The maximum Gasteiger partial charge on any atom is 0.223 e. The standard InChI is InChI=1S/C12H19N3O/c1-9-4-6-13-11(14-9)15-10-5-7-16-12(2,3)8-10/h4,6,10H,5,7-8H2,1-3H3,(H,13,14,15). The Balaban J connectivity index is 1.99. The number of nitrogens with zero attached hydrogens (tertiary/aromatic N) is 2. The van der Waals surface area contributed by atoms with Gasteiger partial charge in [0.2, 0.25) is 5.95 Å². The van der Waals surface area contributed by atoms with Crippen molar-refractivity contribution in [2.45, 2.75) is 45.3 Å². The van der Waals surface area contributed by atoms with Crippen LogP contribution in [0.3, 0.4) is 0 Å². The van der Waals surface area contributed by atoms with Gasteiger partial charge in [0.25, 0.3) is 0 Å². The van der Waals surface area contributed by atoms with Gasteiger partial charge in [0.1, 0.15) is 0 Å². The van der Waals surface area contributed by atoms with E-state index in [0.717, 1.165) is 31.1 Å².